The molecule has 0 spiro atoms. The monoisotopic (exact) mass is 390 g/mol. The second-order valence-corrected chi connectivity index (χ2v) is 5.21. The fourth-order valence-electron chi connectivity index (χ4n) is 1.76. The highest BCUT2D eigenvalue weighted by Crippen LogP contribution is 2.18. The van der Waals surface area contributed by atoms with Crippen LogP contribution in [0.15, 0.2) is 34.9 Å². The number of nitrogens with one attached hydrogen (secondary N) is 2. The number of amides is 1. The first-order valence-electron chi connectivity index (χ1n) is 6.62. The van der Waals surface area contributed by atoms with Crippen molar-refractivity contribution in [1.82, 2.24) is 20.4 Å². The van der Waals surface area contributed by atoms with Crippen molar-refractivity contribution in [2.75, 3.05) is 19.6 Å². The van der Waals surface area contributed by atoms with Gasteiger partial charge < -0.3 is 10.6 Å². The van der Waals surface area contributed by atoms with E-state index in [0.717, 1.165) is 6.54 Å². The Bertz CT molecular complexity index is 618. The minimum atomic E-state index is -0.314. The van der Waals surface area contributed by atoms with Gasteiger partial charge in [0.15, 0.2) is 5.69 Å². The van der Waals surface area contributed by atoms with E-state index >= 15 is 0 Å². The number of carbonyl (C=O) groups excluding carboxylic acids is 1. The lowest BCUT2D eigenvalue weighted by Gasteiger charge is -2.04. The first kappa shape index (κ1) is 18.6. The average molecular weight is 392 g/mol. The molecule has 120 valence electrons. The fraction of sp³-hybridized carbons (Fsp3) is 0.286. The smallest absolute Gasteiger partial charge is 0.273 e. The van der Waals surface area contributed by atoms with E-state index in [1.165, 1.54) is 16.8 Å². The van der Waals surface area contributed by atoms with E-state index < -0.39 is 0 Å². The van der Waals surface area contributed by atoms with E-state index in [9.17, 15) is 9.18 Å². The van der Waals surface area contributed by atoms with E-state index in [4.69, 9.17) is 0 Å². The summed E-state index contributed by atoms with van der Waals surface area (Å²) in [6.07, 6.45) is 1.67. The van der Waals surface area contributed by atoms with Crippen molar-refractivity contribution in [3.05, 3.63) is 46.4 Å². The molecule has 1 aromatic heterocycles. The molecule has 2 aromatic rings. The van der Waals surface area contributed by atoms with Crippen LogP contribution in [0.4, 0.5) is 4.39 Å². The van der Waals surface area contributed by atoms with Crippen molar-refractivity contribution < 1.29 is 9.18 Å². The Labute approximate surface area is 142 Å². The Morgan fingerprint density at radius 2 is 2.00 bits per heavy atom. The number of rotatable bonds is 6. The molecule has 22 heavy (non-hydrogen) atoms. The van der Waals surface area contributed by atoms with Crippen LogP contribution >= 0.6 is 28.3 Å². The summed E-state index contributed by atoms with van der Waals surface area (Å²) in [5.41, 5.74) is 0.986. The molecule has 8 heteroatoms. The van der Waals surface area contributed by atoms with Gasteiger partial charge in [-0.2, -0.15) is 5.10 Å². The Balaban J connectivity index is 0.00000242. The third-order valence-electron chi connectivity index (χ3n) is 2.81. The maximum Gasteiger partial charge on any atom is 0.273 e. The zero-order valence-electron chi connectivity index (χ0n) is 12.0. The van der Waals surface area contributed by atoms with Crippen LogP contribution in [0.2, 0.25) is 0 Å². The van der Waals surface area contributed by atoms with Crippen LogP contribution in [-0.4, -0.2) is 35.3 Å². The summed E-state index contributed by atoms with van der Waals surface area (Å²) >= 11 is 3.32. The van der Waals surface area contributed by atoms with Crippen molar-refractivity contribution in [3.63, 3.8) is 0 Å². The van der Waals surface area contributed by atoms with Crippen LogP contribution in [0, 0.1) is 5.82 Å². The van der Waals surface area contributed by atoms with Crippen molar-refractivity contribution in [2.45, 2.75) is 6.92 Å². The summed E-state index contributed by atoms with van der Waals surface area (Å²) < 4.78 is 15.0. The molecule has 0 saturated heterocycles. The molecular formula is C14H17BrClFN4O. The van der Waals surface area contributed by atoms with Crippen LogP contribution in [0.5, 0.6) is 0 Å². The highest BCUT2D eigenvalue weighted by atomic mass is 79.9. The molecule has 1 amide bonds. The Kier molecular flexibility index (Phi) is 7.50. The maximum atomic E-state index is 12.9. The minimum Gasteiger partial charge on any atom is -0.349 e. The van der Waals surface area contributed by atoms with E-state index in [1.54, 1.807) is 18.3 Å². The second kappa shape index (κ2) is 8.87. The molecule has 0 aliphatic rings. The van der Waals surface area contributed by atoms with Gasteiger partial charge in [-0.3, -0.25) is 4.79 Å². The number of aromatic nitrogens is 2. The standard InChI is InChI=1S/C14H16BrFN4O.ClH/c1-2-17-7-8-18-14(21)13-12(15)9-20(19-13)11-5-3-10(16)4-6-11;/h3-6,9,17H,2,7-8H2,1H3,(H,18,21);1H. The molecule has 1 heterocycles. The molecule has 0 unspecified atom stereocenters. The van der Waals surface area contributed by atoms with Crippen molar-refractivity contribution in [3.8, 4) is 5.69 Å². The van der Waals surface area contributed by atoms with Gasteiger partial charge in [-0.1, -0.05) is 6.92 Å². The first-order chi connectivity index (χ1) is 10.1. The topological polar surface area (TPSA) is 58.9 Å². The van der Waals surface area contributed by atoms with Gasteiger partial charge in [-0.05, 0) is 46.7 Å². The van der Waals surface area contributed by atoms with Gasteiger partial charge in [0.25, 0.3) is 5.91 Å². The molecule has 0 aliphatic heterocycles. The molecule has 2 N–H and O–H groups in total. The number of nitrogens with zero attached hydrogens (tertiary/aromatic N) is 2. The number of carbonyl (C=O) groups is 1. The summed E-state index contributed by atoms with van der Waals surface area (Å²) in [7, 11) is 0. The number of halogens is 3. The highest BCUT2D eigenvalue weighted by Gasteiger charge is 2.15. The quantitative estimate of drug-likeness (QED) is 0.744. The zero-order valence-corrected chi connectivity index (χ0v) is 14.4. The summed E-state index contributed by atoms with van der Waals surface area (Å²) in [5, 5.41) is 10.1. The normalized spacial score (nSPS) is 10.1. The SMILES string of the molecule is CCNCCNC(=O)c1nn(-c2ccc(F)cc2)cc1Br.Cl. The summed E-state index contributed by atoms with van der Waals surface area (Å²) in [5.74, 6) is -0.563. The molecule has 0 bridgehead atoms. The van der Waals surface area contributed by atoms with Gasteiger partial charge in [0.2, 0.25) is 0 Å². The van der Waals surface area contributed by atoms with Crippen molar-refractivity contribution in [2.24, 2.45) is 0 Å². The third-order valence-corrected chi connectivity index (χ3v) is 3.39. The minimum absolute atomic E-state index is 0. The summed E-state index contributed by atoms with van der Waals surface area (Å²) in [6, 6.07) is 5.89. The van der Waals surface area contributed by atoms with Crippen LogP contribution in [0.1, 0.15) is 17.4 Å². The second-order valence-electron chi connectivity index (χ2n) is 4.36. The summed E-state index contributed by atoms with van der Waals surface area (Å²) in [6.45, 7) is 4.10. The molecule has 1 aromatic carbocycles. The lowest BCUT2D eigenvalue weighted by Crippen LogP contribution is -2.32. The molecule has 0 radical (unpaired) electrons. The predicted octanol–water partition coefficient (Wildman–Crippen LogP) is 2.54. The Morgan fingerprint density at radius 3 is 2.64 bits per heavy atom. The lowest BCUT2D eigenvalue weighted by molar-refractivity contribution is 0.0948. The van der Waals surface area contributed by atoms with E-state index in [1.807, 2.05) is 6.92 Å². The largest absolute Gasteiger partial charge is 0.349 e. The number of benzene rings is 1. The van der Waals surface area contributed by atoms with E-state index in [0.29, 0.717) is 28.9 Å². The predicted molar refractivity (Wildman–Crippen MR) is 89.3 cm³/mol. The number of hydrogen-bond donors (Lipinski definition) is 2. The van der Waals surface area contributed by atoms with Crippen LogP contribution in [0.25, 0.3) is 5.69 Å². The van der Waals surface area contributed by atoms with Crippen molar-refractivity contribution in [1.29, 1.82) is 0 Å². The lowest BCUT2D eigenvalue weighted by atomic mass is 10.3. The van der Waals surface area contributed by atoms with Gasteiger partial charge in [0, 0.05) is 19.3 Å². The molecule has 0 atom stereocenters. The van der Waals surface area contributed by atoms with Gasteiger partial charge >= 0.3 is 0 Å². The van der Waals surface area contributed by atoms with Crippen LogP contribution < -0.4 is 10.6 Å². The Hall–Kier alpha value is -1.44. The maximum absolute atomic E-state index is 12.9. The van der Waals surface area contributed by atoms with Crippen LogP contribution in [-0.2, 0) is 0 Å². The molecule has 2 rings (SSSR count). The fourth-order valence-corrected chi connectivity index (χ4v) is 2.21. The molecule has 0 saturated carbocycles. The number of hydrogen-bond acceptors (Lipinski definition) is 3. The molecular weight excluding hydrogens is 375 g/mol. The zero-order chi connectivity index (χ0) is 15.2. The van der Waals surface area contributed by atoms with Gasteiger partial charge in [0.1, 0.15) is 5.82 Å². The van der Waals surface area contributed by atoms with Gasteiger partial charge in [-0.15, -0.1) is 12.4 Å². The van der Waals surface area contributed by atoms with E-state index in [-0.39, 0.29) is 24.1 Å². The average Bonchev–Trinajstić information content (AvgIpc) is 2.86. The van der Waals surface area contributed by atoms with Gasteiger partial charge in [0.05, 0.1) is 10.2 Å². The van der Waals surface area contributed by atoms with E-state index in [2.05, 4.69) is 31.7 Å². The summed E-state index contributed by atoms with van der Waals surface area (Å²) in [4.78, 5) is 12.0. The first-order valence-corrected chi connectivity index (χ1v) is 7.41. The molecule has 0 fully saturated rings. The molecule has 5 nitrogen and oxygen atoms in total. The van der Waals surface area contributed by atoms with Crippen LogP contribution in [0.3, 0.4) is 0 Å². The van der Waals surface area contributed by atoms with Crippen molar-refractivity contribution >= 4 is 34.2 Å². The highest BCUT2D eigenvalue weighted by molar-refractivity contribution is 9.10. The number of likely N-dealkylation sites (N-methyl/N-ethyl adjacent to an activating group) is 1. The Morgan fingerprint density at radius 1 is 1.32 bits per heavy atom. The third kappa shape index (κ3) is 4.79. The molecule has 0 aliphatic carbocycles. The van der Waals surface area contributed by atoms with Gasteiger partial charge in [-0.25, -0.2) is 9.07 Å².